The second-order valence-electron chi connectivity index (χ2n) is 3.77. The fraction of sp³-hybridized carbons (Fsp3) is 1.00. The van der Waals surface area contributed by atoms with E-state index in [0.717, 1.165) is 26.1 Å². The van der Waals surface area contributed by atoms with Crippen LogP contribution >= 0.6 is 0 Å². The van der Waals surface area contributed by atoms with Crippen LogP contribution in [-0.4, -0.2) is 13.2 Å². The molecule has 0 saturated carbocycles. The molecule has 14 heavy (non-hydrogen) atoms. The molecule has 0 saturated heterocycles. The molecule has 0 radical (unpaired) electrons. The van der Waals surface area contributed by atoms with Crippen molar-refractivity contribution >= 4 is 0 Å². The van der Waals surface area contributed by atoms with Crippen molar-refractivity contribution in [1.82, 2.24) is 0 Å². The first kappa shape index (κ1) is 13.9. The summed E-state index contributed by atoms with van der Waals surface area (Å²) in [7, 11) is 0. The van der Waals surface area contributed by atoms with Gasteiger partial charge in [-0.2, -0.15) is 0 Å². The summed E-state index contributed by atoms with van der Waals surface area (Å²) in [6.07, 6.45) is 10.3. The number of unbranched alkanes of at least 4 members (excludes halogenated alkanes) is 6. The van der Waals surface area contributed by atoms with Crippen molar-refractivity contribution in [3.05, 3.63) is 0 Å². The summed E-state index contributed by atoms with van der Waals surface area (Å²) in [6.45, 7) is 5.81. The summed E-state index contributed by atoms with van der Waals surface area (Å²) >= 11 is 0. The molecular formula is C12H26O2. The van der Waals surface area contributed by atoms with E-state index in [2.05, 4.69) is 13.8 Å². The Kier molecular flexibility index (Phi) is 12.8. The minimum atomic E-state index is 0.719. The van der Waals surface area contributed by atoms with Crippen molar-refractivity contribution in [3.8, 4) is 0 Å². The molecule has 0 aliphatic heterocycles. The van der Waals surface area contributed by atoms with Gasteiger partial charge in [-0.25, -0.2) is 9.78 Å². The van der Waals surface area contributed by atoms with Gasteiger partial charge >= 0.3 is 0 Å². The number of hydrogen-bond donors (Lipinski definition) is 0. The lowest BCUT2D eigenvalue weighted by atomic mass is 10.1. The van der Waals surface area contributed by atoms with Crippen LogP contribution in [0.25, 0.3) is 0 Å². The quantitative estimate of drug-likeness (QED) is 0.285. The van der Waals surface area contributed by atoms with Crippen LogP contribution in [0.1, 0.15) is 65.2 Å². The van der Waals surface area contributed by atoms with E-state index >= 15 is 0 Å². The topological polar surface area (TPSA) is 18.5 Å². The summed E-state index contributed by atoms with van der Waals surface area (Å²) in [5, 5.41) is 0. The van der Waals surface area contributed by atoms with Crippen molar-refractivity contribution < 1.29 is 9.78 Å². The number of rotatable bonds is 11. The molecule has 0 aromatic rings. The summed E-state index contributed by atoms with van der Waals surface area (Å²) < 4.78 is 0. The standard InChI is InChI=1S/C12H26O2/c1-3-5-6-7-8-9-10-12-14-13-11-4-2/h3-12H2,1-2H3. The first-order valence-corrected chi connectivity index (χ1v) is 6.16. The Morgan fingerprint density at radius 1 is 0.571 bits per heavy atom. The molecule has 0 rings (SSSR count). The van der Waals surface area contributed by atoms with Crippen LogP contribution in [0.5, 0.6) is 0 Å². The molecule has 0 bridgehead atoms. The zero-order valence-electron chi connectivity index (χ0n) is 9.89. The van der Waals surface area contributed by atoms with E-state index in [1.54, 1.807) is 0 Å². The van der Waals surface area contributed by atoms with Gasteiger partial charge in [-0.3, -0.25) is 0 Å². The normalized spacial score (nSPS) is 10.7. The van der Waals surface area contributed by atoms with Gasteiger partial charge in [0, 0.05) is 0 Å². The Hall–Kier alpha value is -0.0800. The maximum atomic E-state index is 5.00. The average Bonchev–Trinajstić information content (AvgIpc) is 2.21. The van der Waals surface area contributed by atoms with Gasteiger partial charge in [0.15, 0.2) is 0 Å². The second-order valence-corrected chi connectivity index (χ2v) is 3.77. The van der Waals surface area contributed by atoms with Crippen LogP contribution < -0.4 is 0 Å². The highest BCUT2D eigenvalue weighted by atomic mass is 17.2. The minimum Gasteiger partial charge on any atom is -0.237 e. The SMILES string of the molecule is CCCCCCCCCOOCCC. The first-order chi connectivity index (χ1) is 6.91. The highest BCUT2D eigenvalue weighted by Crippen LogP contribution is 2.06. The van der Waals surface area contributed by atoms with Gasteiger partial charge in [-0.05, 0) is 12.8 Å². The predicted molar refractivity (Wildman–Crippen MR) is 60.2 cm³/mol. The molecule has 0 aromatic carbocycles. The number of hydrogen-bond acceptors (Lipinski definition) is 2. The smallest absolute Gasteiger partial charge is 0.0822 e. The van der Waals surface area contributed by atoms with Gasteiger partial charge in [0.05, 0.1) is 13.2 Å². The van der Waals surface area contributed by atoms with Crippen LogP contribution in [-0.2, 0) is 9.78 Å². The van der Waals surface area contributed by atoms with Crippen LogP contribution in [0.15, 0.2) is 0 Å². The lowest BCUT2D eigenvalue weighted by Crippen LogP contribution is -1.97. The Morgan fingerprint density at radius 2 is 1.14 bits per heavy atom. The van der Waals surface area contributed by atoms with E-state index in [4.69, 9.17) is 9.78 Å². The van der Waals surface area contributed by atoms with E-state index < -0.39 is 0 Å². The highest BCUT2D eigenvalue weighted by Gasteiger charge is 1.91. The third-order valence-electron chi connectivity index (χ3n) is 2.20. The maximum Gasteiger partial charge on any atom is 0.0822 e. The monoisotopic (exact) mass is 202 g/mol. The Balaban J connectivity index is 2.78. The first-order valence-electron chi connectivity index (χ1n) is 6.16. The maximum absolute atomic E-state index is 5.00. The molecule has 0 aliphatic carbocycles. The molecule has 2 nitrogen and oxygen atoms in total. The lowest BCUT2D eigenvalue weighted by Gasteiger charge is -2.02. The Morgan fingerprint density at radius 3 is 1.79 bits per heavy atom. The zero-order valence-corrected chi connectivity index (χ0v) is 9.89. The fourth-order valence-electron chi connectivity index (χ4n) is 1.32. The molecule has 0 spiro atoms. The van der Waals surface area contributed by atoms with Gasteiger partial charge in [-0.15, -0.1) is 0 Å². The van der Waals surface area contributed by atoms with E-state index in [1.165, 1.54) is 38.5 Å². The molecule has 86 valence electrons. The molecule has 0 fully saturated rings. The van der Waals surface area contributed by atoms with Crippen LogP contribution in [0, 0.1) is 0 Å². The third kappa shape index (κ3) is 11.9. The van der Waals surface area contributed by atoms with Gasteiger partial charge in [0.2, 0.25) is 0 Å². The van der Waals surface area contributed by atoms with Gasteiger partial charge < -0.3 is 0 Å². The minimum absolute atomic E-state index is 0.719. The summed E-state index contributed by atoms with van der Waals surface area (Å²) in [5.74, 6) is 0. The molecule has 0 amide bonds. The Bertz CT molecular complexity index is 82.3. The van der Waals surface area contributed by atoms with E-state index in [9.17, 15) is 0 Å². The molecule has 0 unspecified atom stereocenters. The van der Waals surface area contributed by atoms with Gasteiger partial charge in [0.1, 0.15) is 0 Å². The van der Waals surface area contributed by atoms with Crippen LogP contribution in [0.3, 0.4) is 0 Å². The van der Waals surface area contributed by atoms with Crippen molar-refractivity contribution in [3.63, 3.8) is 0 Å². The van der Waals surface area contributed by atoms with Crippen molar-refractivity contribution in [2.24, 2.45) is 0 Å². The molecule has 0 heterocycles. The van der Waals surface area contributed by atoms with E-state index in [0.29, 0.717) is 0 Å². The summed E-state index contributed by atoms with van der Waals surface area (Å²) in [6, 6.07) is 0. The Labute approximate surface area is 88.9 Å². The van der Waals surface area contributed by atoms with Crippen LogP contribution in [0.4, 0.5) is 0 Å². The third-order valence-corrected chi connectivity index (χ3v) is 2.20. The highest BCUT2D eigenvalue weighted by molar-refractivity contribution is 4.43. The molecule has 0 aliphatic rings. The largest absolute Gasteiger partial charge is 0.237 e. The summed E-state index contributed by atoms with van der Waals surface area (Å²) in [5.41, 5.74) is 0. The lowest BCUT2D eigenvalue weighted by molar-refractivity contribution is -0.294. The molecule has 2 heteroatoms. The molecule has 0 atom stereocenters. The van der Waals surface area contributed by atoms with E-state index in [-0.39, 0.29) is 0 Å². The molecule has 0 N–H and O–H groups in total. The average molecular weight is 202 g/mol. The zero-order chi connectivity index (χ0) is 10.5. The van der Waals surface area contributed by atoms with Crippen LogP contribution in [0.2, 0.25) is 0 Å². The molecular weight excluding hydrogens is 176 g/mol. The second kappa shape index (κ2) is 12.9. The van der Waals surface area contributed by atoms with Gasteiger partial charge in [-0.1, -0.05) is 52.4 Å². The van der Waals surface area contributed by atoms with Crippen molar-refractivity contribution in [1.29, 1.82) is 0 Å². The van der Waals surface area contributed by atoms with E-state index in [1.807, 2.05) is 0 Å². The van der Waals surface area contributed by atoms with Crippen molar-refractivity contribution in [2.45, 2.75) is 65.2 Å². The summed E-state index contributed by atoms with van der Waals surface area (Å²) in [4.78, 5) is 9.93. The van der Waals surface area contributed by atoms with Gasteiger partial charge in [0.25, 0.3) is 0 Å². The molecule has 0 aromatic heterocycles. The predicted octanol–water partition coefficient (Wildman–Crippen LogP) is 4.10. The fourth-order valence-corrected chi connectivity index (χ4v) is 1.32. The van der Waals surface area contributed by atoms with Crippen molar-refractivity contribution in [2.75, 3.05) is 13.2 Å².